The second-order valence-corrected chi connectivity index (χ2v) is 8.60. The summed E-state index contributed by atoms with van der Waals surface area (Å²) in [4.78, 5) is 8.67. The van der Waals surface area contributed by atoms with E-state index in [1.807, 2.05) is 37.6 Å². The van der Waals surface area contributed by atoms with Crippen LogP contribution in [0.15, 0.2) is 30.7 Å². The summed E-state index contributed by atoms with van der Waals surface area (Å²) in [7, 11) is 0. The molecule has 5 atom stereocenters. The van der Waals surface area contributed by atoms with E-state index in [9.17, 15) is 8.78 Å². The van der Waals surface area contributed by atoms with Crippen molar-refractivity contribution in [2.75, 3.05) is 6.79 Å². The molecule has 1 unspecified atom stereocenters. The first-order valence-corrected chi connectivity index (χ1v) is 10.4. The number of nitrogens with zero attached hydrogens (tertiary/aromatic N) is 3. The summed E-state index contributed by atoms with van der Waals surface area (Å²) in [6.07, 6.45) is 0.434. The van der Waals surface area contributed by atoms with Crippen LogP contribution in [0.4, 0.5) is 8.78 Å². The van der Waals surface area contributed by atoms with E-state index >= 15 is 0 Å². The van der Waals surface area contributed by atoms with E-state index in [4.69, 9.17) is 23.7 Å². The van der Waals surface area contributed by atoms with Crippen LogP contribution < -0.4 is 4.74 Å². The number of rotatable bonds is 2. The Morgan fingerprint density at radius 2 is 1.88 bits per heavy atom. The van der Waals surface area contributed by atoms with Crippen LogP contribution in [0, 0.1) is 18.6 Å². The third kappa shape index (κ3) is 2.87. The van der Waals surface area contributed by atoms with Crippen LogP contribution in [0.5, 0.6) is 5.75 Å². The molecule has 0 N–H and O–H groups in total. The number of ether oxygens (including phenoxy) is 5. The minimum absolute atomic E-state index is 0.169. The van der Waals surface area contributed by atoms with Gasteiger partial charge in [-0.05, 0) is 39.0 Å². The van der Waals surface area contributed by atoms with Gasteiger partial charge in [0.25, 0.3) is 0 Å². The predicted molar refractivity (Wildman–Crippen MR) is 106 cm³/mol. The maximum Gasteiger partial charge on any atom is 0.201 e. The number of hydrogen-bond donors (Lipinski definition) is 0. The van der Waals surface area contributed by atoms with Gasteiger partial charge in [0.1, 0.15) is 36.4 Å². The molecule has 3 aliphatic heterocycles. The Labute approximate surface area is 182 Å². The molecule has 3 aliphatic rings. The molecule has 0 spiro atoms. The van der Waals surface area contributed by atoms with E-state index in [-0.39, 0.29) is 12.5 Å². The zero-order chi connectivity index (χ0) is 22.2. The van der Waals surface area contributed by atoms with Crippen LogP contribution in [0.1, 0.15) is 37.4 Å². The zero-order valence-electron chi connectivity index (χ0n) is 17.6. The van der Waals surface area contributed by atoms with Crippen molar-refractivity contribution in [2.24, 2.45) is 0 Å². The minimum Gasteiger partial charge on any atom is -0.464 e. The fourth-order valence-corrected chi connectivity index (χ4v) is 4.82. The van der Waals surface area contributed by atoms with Crippen molar-refractivity contribution >= 4 is 11.0 Å². The summed E-state index contributed by atoms with van der Waals surface area (Å²) in [5.41, 5.74) is 1.92. The van der Waals surface area contributed by atoms with E-state index in [0.717, 1.165) is 17.1 Å². The Morgan fingerprint density at radius 1 is 1.06 bits per heavy atom. The first kappa shape index (κ1) is 20.0. The van der Waals surface area contributed by atoms with Crippen molar-refractivity contribution in [1.82, 2.24) is 14.5 Å². The molecule has 6 rings (SSSR count). The Balaban J connectivity index is 1.43. The predicted octanol–water partition coefficient (Wildman–Crippen LogP) is 3.54. The van der Waals surface area contributed by atoms with E-state index in [1.165, 1.54) is 12.4 Å². The number of halogens is 2. The Hall–Kier alpha value is -2.66. The molecule has 0 amide bonds. The Kier molecular flexibility index (Phi) is 4.32. The van der Waals surface area contributed by atoms with Crippen molar-refractivity contribution in [3.8, 4) is 5.75 Å². The smallest absolute Gasteiger partial charge is 0.201 e. The van der Waals surface area contributed by atoms with Gasteiger partial charge >= 0.3 is 0 Å². The van der Waals surface area contributed by atoms with Gasteiger partial charge in [-0.2, -0.15) is 4.39 Å². The van der Waals surface area contributed by atoms with Crippen LogP contribution in [0.3, 0.4) is 0 Å². The van der Waals surface area contributed by atoms with Crippen LogP contribution in [-0.2, 0) is 18.9 Å². The van der Waals surface area contributed by atoms with E-state index in [1.54, 1.807) is 0 Å². The minimum atomic E-state index is -1.05. The van der Waals surface area contributed by atoms with Crippen LogP contribution in [-0.4, -0.2) is 45.4 Å². The largest absolute Gasteiger partial charge is 0.464 e. The molecule has 0 bridgehead atoms. The summed E-state index contributed by atoms with van der Waals surface area (Å²) in [5, 5.41) is 0.902. The molecule has 3 aromatic rings. The highest BCUT2D eigenvalue weighted by Gasteiger charge is 2.59. The fourth-order valence-electron chi connectivity index (χ4n) is 4.82. The molecule has 2 fully saturated rings. The molecule has 5 heterocycles. The quantitative estimate of drug-likeness (QED) is 0.597. The number of aryl methyl sites for hydroxylation is 1. The van der Waals surface area contributed by atoms with E-state index in [2.05, 4.69) is 9.97 Å². The molecule has 0 saturated carbocycles. The van der Waals surface area contributed by atoms with Gasteiger partial charge in [-0.3, -0.25) is 0 Å². The first-order valence-electron chi connectivity index (χ1n) is 10.4. The van der Waals surface area contributed by atoms with Gasteiger partial charge in [-0.15, -0.1) is 0 Å². The lowest BCUT2D eigenvalue weighted by Gasteiger charge is -2.33. The number of fused-ring (bicyclic) bond motifs is 3. The molecule has 10 heteroatoms. The molecule has 32 heavy (non-hydrogen) atoms. The first-order chi connectivity index (χ1) is 15.3. The summed E-state index contributed by atoms with van der Waals surface area (Å²) in [6, 6.07) is 4.43. The van der Waals surface area contributed by atoms with Crippen molar-refractivity contribution in [3.05, 3.63) is 53.6 Å². The second kappa shape index (κ2) is 6.92. The highest BCUT2D eigenvalue weighted by Crippen LogP contribution is 2.50. The monoisotopic (exact) mass is 445 g/mol. The third-order valence-electron chi connectivity index (χ3n) is 6.18. The van der Waals surface area contributed by atoms with Crippen molar-refractivity contribution < 1.29 is 32.5 Å². The molecule has 168 valence electrons. The maximum atomic E-state index is 14.4. The number of benzene rings is 1. The fraction of sp³-hybridized carbons (Fsp3) is 0.455. The summed E-state index contributed by atoms with van der Waals surface area (Å²) < 4.78 is 60.0. The van der Waals surface area contributed by atoms with Gasteiger partial charge in [-0.1, -0.05) is 0 Å². The van der Waals surface area contributed by atoms with Gasteiger partial charge in [0.05, 0.1) is 5.69 Å². The SMILES string of the molecule is Cc1ncnc2c1ccn2[C@@H]1OC([C@@H]2OCOc3c2ccc(F)c3F)[C@H]2OC(C)(C)O[C@H]21. The van der Waals surface area contributed by atoms with Crippen LogP contribution in [0.2, 0.25) is 0 Å². The zero-order valence-corrected chi connectivity index (χ0v) is 17.6. The Bertz CT molecular complexity index is 1220. The summed E-state index contributed by atoms with van der Waals surface area (Å²) in [5.74, 6) is -3.05. The van der Waals surface area contributed by atoms with Crippen LogP contribution in [0.25, 0.3) is 11.0 Å². The third-order valence-corrected chi connectivity index (χ3v) is 6.18. The lowest BCUT2D eigenvalue weighted by Crippen LogP contribution is -2.37. The van der Waals surface area contributed by atoms with Crippen molar-refractivity contribution in [2.45, 2.75) is 57.2 Å². The van der Waals surface area contributed by atoms with Gasteiger partial charge in [0.2, 0.25) is 5.82 Å². The molecule has 0 radical (unpaired) electrons. The molecular formula is C22H21F2N3O5. The molecule has 0 aliphatic carbocycles. The van der Waals surface area contributed by atoms with Crippen molar-refractivity contribution in [1.29, 1.82) is 0 Å². The summed E-state index contributed by atoms with van der Waals surface area (Å²) >= 11 is 0. The van der Waals surface area contributed by atoms with E-state index in [0.29, 0.717) is 11.2 Å². The highest BCUT2D eigenvalue weighted by molar-refractivity contribution is 5.78. The number of aromatic nitrogens is 3. The lowest BCUT2D eigenvalue weighted by atomic mass is 9.97. The number of hydrogen-bond acceptors (Lipinski definition) is 7. The molecular weight excluding hydrogens is 424 g/mol. The topological polar surface area (TPSA) is 76.9 Å². The lowest BCUT2D eigenvalue weighted by molar-refractivity contribution is -0.218. The van der Waals surface area contributed by atoms with E-state index < -0.39 is 48.1 Å². The molecule has 8 nitrogen and oxygen atoms in total. The highest BCUT2D eigenvalue weighted by atomic mass is 19.2. The van der Waals surface area contributed by atoms with Gasteiger partial charge in [0, 0.05) is 17.1 Å². The average molecular weight is 445 g/mol. The molecule has 2 saturated heterocycles. The standard InChI is InChI=1S/C22H21F2N3O5/c1-10-11-6-7-27(20(11)26-8-25-10)21-19-18(31-22(2,3)32-19)17(30-21)16-12-4-5-13(23)14(24)15(12)28-9-29-16/h4-8,16-19,21H,9H2,1-3H3/t16-,17?,18-,19-,21-/m1/s1. The van der Waals surface area contributed by atoms with Gasteiger partial charge < -0.3 is 28.3 Å². The van der Waals surface area contributed by atoms with Gasteiger partial charge in [-0.25, -0.2) is 14.4 Å². The van der Waals surface area contributed by atoms with Crippen molar-refractivity contribution in [3.63, 3.8) is 0 Å². The van der Waals surface area contributed by atoms with Crippen LogP contribution >= 0.6 is 0 Å². The summed E-state index contributed by atoms with van der Waals surface area (Å²) in [6.45, 7) is 5.33. The normalized spacial score (nSPS) is 30.8. The average Bonchev–Trinajstić information content (AvgIpc) is 3.42. The molecule has 2 aromatic heterocycles. The molecule has 1 aromatic carbocycles. The maximum absolute atomic E-state index is 14.4. The van der Waals surface area contributed by atoms with Gasteiger partial charge in [0.15, 0.2) is 30.4 Å². The Morgan fingerprint density at radius 3 is 2.72 bits per heavy atom. The second-order valence-electron chi connectivity index (χ2n) is 8.60.